The maximum Gasteiger partial charge on any atom is 0.251 e. The molecule has 1 amide bonds. The second kappa shape index (κ2) is 7.47. The number of aromatic nitrogens is 1. The highest BCUT2D eigenvalue weighted by Crippen LogP contribution is 2.30. The summed E-state index contributed by atoms with van der Waals surface area (Å²) in [6.07, 6.45) is 8.83. The van der Waals surface area contributed by atoms with Gasteiger partial charge in [-0.2, -0.15) is 0 Å². The van der Waals surface area contributed by atoms with Crippen LogP contribution in [-0.2, 0) is 12.8 Å². The summed E-state index contributed by atoms with van der Waals surface area (Å²) < 4.78 is 5.66. The molecule has 5 heteroatoms. The molecule has 3 heterocycles. The molecule has 1 unspecified atom stereocenters. The Balaban J connectivity index is 1.34. The average molecular weight is 377 g/mol. The Morgan fingerprint density at radius 1 is 1.14 bits per heavy atom. The number of likely N-dealkylation sites (tertiary alicyclic amines) is 1. The Bertz CT molecular complexity index is 967. The van der Waals surface area contributed by atoms with E-state index in [1.54, 1.807) is 6.26 Å². The van der Waals surface area contributed by atoms with Gasteiger partial charge in [0.05, 0.1) is 12.3 Å². The molecule has 0 bridgehead atoms. The minimum Gasteiger partial charge on any atom is -0.468 e. The van der Waals surface area contributed by atoms with Gasteiger partial charge in [0.15, 0.2) is 0 Å². The summed E-state index contributed by atoms with van der Waals surface area (Å²) in [5.74, 6) is 0.917. The van der Waals surface area contributed by atoms with Gasteiger partial charge in [-0.1, -0.05) is 0 Å². The molecule has 0 saturated carbocycles. The van der Waals surface area contributed by atoms with Crippen molar-refractivity contribution in [2.24, 2.45) is 0 Å². The number of nitrogens with one attached hydrogen (secondary N) is 2. The first-order chi connectivity index (χ1) is 13.8. The van der Waals surface area contributed by atoms with Crippen molar-refractivity contribution in [1.82, 2.24) is 15.2 Å². The molecule has 1 aliphatic heterocycles. The number of aryl methyl sites for hydroxylation is 2. The van der Waals surface area contributed by atoms with Crippen LogP contribution in [0.25, 0.3) is 10.9 Å². The van der Waals surface area contributed by atoms with E-state index in [-0.39, 0.29) is 11.9 Å². The number of hydrogen-bond acceptors (Lipinski definition) is 3. The van der Waals surface area contributed by atoms with Crippen molar-refractivity contribution in [2.45, 2.75) is 44.6 Å². The summed E-state index contributed by atoms with van der Waals surface area (Å²) in [6.45, 7) is 2.68. The van der Waals surface area contributed by atoms with E-state index < -0.39 is 0 Å². The number of rotatable bonds is 5. The van der Waals surface area contributed by atoms with Crippen LogP contribution < -0.4 is 5.32 Å². The highest BCUT2D eigenvalue weighted by atomic mass is 16.3. The number of hydrogen-bond donors (Lipinski definition) is 2. The molecule has 1 aliphatic carbocycles. The zero-order valence-corrected chi connectivity index (χ0v) is 16.2. The number of H-pyrrole nitrogens is 1. The molecule has 3 aromatic rings. The lowest BCUT2D eigenvalue weighted by molar-refractivity contribution is 0.0934. The number of amides is 1. The Morgan fingerprint density at radius 3 is 2.82 bits per heavy atom. The molecule has 146 valence electrons. The van der Waals surface area contributed by atoms with Gasteiger partial charge in [0, 0.05) is 28.7 Å². The van der Waals surface area contributed by atoms with E-state index in [1.807, 2.05) is 24.3 Å². The Labute approximate surface area is 165 Å². The number of nitrogens with zero attached hydrogens (tertiary/aromatic N) is 1. The number of benzene rings is 1. The van der Waals surface area contributed by atoms with Gasteiger partial charge in [-0.25, -0.2) is 0 Å². The standard InChI is InChI=1S/C23H27N3O2/c27-23(24-15-21(22-8-5-13-28-22)26-11-3-4-12-26)16-9-10-20-18(14-16)17-6-1-2-7-19(17)25-20/h5,8-10,13-14,21,25H,1-4,6-7,11-12,15H2,(H,24,27). The fourth-order valence-corrected chi connectivity index (χ4v) is 4.78. The minimum atomic E-state index is -0.0107. The van der Waals surface area contributed by atoms with Crippen molar-refractivity contribution in [3.05, 3.63) is 59.2 Å². The minimum absolute atomic E-state index is 0.0107. The topological polar surface area (TPSA) is 61.3 Å². The molecule has 1 saturated heterocycles. The molecule has 1 fully saturated rings. The largest absolute Gasteiger partial charge is 0.468 e. The molecular formula is C23H27N3O2. The van der Waals surface area contributed by atoms with Gasteiger partial charge in [-0.3, -0.25) is 9.69 Å². The summed E-state index contributed by atoms with van der Waals surface area (Å²) >= 11 is 0. The number of fused-ring (bicyclic) bond motifs is 3. The maximum absolute atomic E-state index is 12.9. The summed E-state index contributed by atoms with van der Waals surface area (Å²) in [7, 11) is 0. The molecule has 1 aromatic carbocycles. The quantitative estimate of drug-likeness (QED) is 0.700. The Kier molecular flexibility index (Phi) is 4.69. The highest BCUT2D eigenvalue weighted by Gasteiger charge is 2.26. The monoisotopic (exact) mass is 377 g/mol. The van der Waals surface area contributed by atoms with Gasteiger partial charge < -0.3 is 14.7 Å². The van der Waals surface area contributed by atoms with Crippen molar-refractivity contribution in [2.75, 3.05) is 19.6 Å². The van der Waals surface area contributed by atoms with Crippen LogP contribution in [0, 0.1) is 0 Å². The van der Waals surface area contributed by atoms with Gasteiger partial charge in [0.1, 0.15) is 5.76 Å². The lowest BCUT2D eigenvalue weighted by atomic mass is 9.95. The van der Waals surface area contributed by atoms with Crippen molar-refractivity contribution >= 4 is 16.8 Å². The number of furan rings is 1. The number of carbonyl (C=O) groups is 1. The number of aromatic amines is 1. The van der Waals surface area contributed by atoms with E-state index in [1.165, 1.54) is 42.3 Å². The predicted octanol–water partition coefficient (Wildman–Crippen LogP) is 4.21. The molecule has 0 spiro atoms. The molecule has 5 rings (SSSR count). The Morgan fingerprint density at radius 2 is 2.00 bits per heavy atom. The second-order valence-corrected chi connectivity index (χ2v) is 8.03. The highest BCUT2D eigenvalue weighted by molar-refractivity contribution is 5.99. The first-order valence-electron chi connectivity index (χ1n) is 10.5. The van der Waals surface area contributed by atoms with Gasteiger partial charge >= 0.3 is 0 Å². The SMILES string of the molecule is O=C(NCC(c1ccco1)N1CCCC1)c1ccc2[nH]c3c(c2c1)CCCC3. The molecule has 2 aliphatic rings. The van der Waals surface area contributed by atoms with Crippen LogP contribution in [0.1, 0.15) is 59.1 Å². The molecule has 28 heavy (non-hydrogen) atoms. The van der Waals surface area contributed by atoms with E-state index in [4.69, 9.17) is 4.42 Å². The fraction of sp³-hybridized carbons (Fsp3) is 0.435. The van der Waals surface area contributed by atoms with E-state index in [9.17, 15) is 4.79 Å². The van der Waals surface area contributed by atoms with Crippen molar-refractivity contribution in [3.8, 4) is 0 Å². The van der Waals surface area contributed by atoms with Crippen molar-refractivity contribution in [3.63, 3.8) is 0 Å². The summed E-state index contributed by atoms with van der Waals surface area (Å²) in [5, 5.41) is 4.36. The zero-order chi connectivity index (χ0) is 18.9. The third-order valence-corrected chi connectivity index (χ3v) is 6.27. The smallest absolute Gasteiger partial charge is 0.251 e. The van der Waals surface area contributed by atoms with Gasteiger partial charge in [-0.05, 0) is 87.5 Å². The van der Waals surface area contributed by atoms with E-state index in [0.29, 0.717) is 6.54 Å². The summed E-state index contributed by atoms with van der Waals surface area (Å²) in [4.78, 5) is 18.8. The normalized spacial score (nSPS) is 18.3. The van der Waals surface area contributed by atoms with E-state index in [2.05, 4.69) is 21.3 Å². The summed E-state index contributed by atoms with van der Waals surface area (Å²) in [5.41, 5.74) is 4.64. The summed E-state index contributed by atoms with van der Waals surface area (Å²) in [6, 6.07) is 10.1. The molecule has 2 aromatic heterocycles. The maximum atomic E-state index is 12.9. The van der Waals surface area contributed by atoms with Crippen LogP contribution in [0.2, 0.25) is 0 Å². The van der Waals surface area contributed by atoms with Crippen LogP contribution in [0.3, 0.4) is 0 Å². The second-order valence-electron chi connectivity index (χ2n) is 8.03. The third-order valence-electron chi connectivity index (χ3n) is 6.27. The van der Waals surface area contributed by atoms with Crippen LogP contribution in [0.15, 0.2) is 41.0 Å². The van der Waals surface area contributed by atoms with E-state index >= 15 is 0 Å². The van der Waals surface area contributed by atoms with Crippen LogP contribution in [0.5, 0.6) is 0 Å². The molecule has 5 nitrogen and oxygen atoms in total. The predicted molar refractivity (Wildman–Crippen MR) is 110 cm³/mol. The van der Waals surface area contributed by atoms with E-state index in [0.717, 1.165) is 42.8 Å². The van der Waals surface area contributed by atoms with Crippen LogP contribution >= 0.6 is 0 Å². The molecule has 1 atom stereocenters. The van der Waals surface area contributed by atoms with Crippen molar-refractivity contribution in [1.29, 1.82) is 0 Å². The lowest BCUT2D eigenvalue weighted by Gasteiger charge is -2.26. The average Bonchev–Trinajstić information content (AvgIpc) is 3.48. The van der Waals surface area contributed by atoms with Crippen LogP contribution in [-0.4, -0.2) is 35.4 Å². The fourth-order valence-electron chi connectivity index (χ4n) is 4.78. The van der Waals surface area contributed by atoms with Gasteiger partial charge in [0.2, 0.25) is 0 Å². The lowest BCUT2D eigenvalue weighted by Crippen LogP contribution is -2.36. The third kappa shape index (κ3) is 3.24. The first kappa shape index (κ1) is 17.6. The first-order valence-corrected chi connectivity index (χ1v) is 10.5. The van der Waals surface area contributed by atoms with Gasteiger partial charge in [0.25, 0.3) is 5.91 Å². The van der Waals surface area contributed by atoms with Crippen molar-refractivity contribution < 1.29 is 9.21 Å². The zero-order valence-electron chi connectivity index (χ0n) is 16.2. The Hall–Kier alpha value is -2.53. The van der Waals surface area contributed by atoms with Gasteiger partial charge in [-0.15, -0.1) is 0 Å². The molecular weight excluding hydrogens is 350 g/mol. The molecule has 2 N–H and O–H groups in total. The molecule has 0 radical (unpaired) electrons. The van der Waals surface area contributed by atoms with Crippen LogP contribution in [0.4, 0.5) is 0 Å². The number of carbonyl (C=O) groups excluding carboxylic acids is 1.